The summed E-state index contributed by atoms with van der Waals surface area (Å²) in [5.74, 6) is 0.886. The van der Waals surface area contributed by atoms with Gasteiger partial charge in [-0.2, -0.15) is 0 Å². The zero-order valence-electron chi connectivity index (χ0n) is 14.4. The van der Waals surface area contributed by atoms with Crippen LogP contribution in [0, 0.1) is 11.8 Å². The molecule has 1 heterocycles. The lowest BCUT2D eigenvalue weighted by molar-refractivity contribution is -0.139. The molecule has 130 valence electrons. The molecule has 3 rings (SSSR count). The molecule has 1 aliphatic carbocycles. The number of piperidine rings is 1. The summed E-state index contributed by atoms with van der Waals surface area (Å²) in [6.45, 7) is 2.00. The highest BCUT2D eigenvalue weighted by atomic mass is 16.2. The maximum Gasteiger partial charge on any atom is 0.225 e. The maximum absolute atomic E-state index is 12.5. The van der Waals surface area contributed by atoms with Crippen molar-refractivity contribution >= 4 is 11.8 Å². The van der Waals surface area contributed by atoms with Crippen molar-refractivity contribution in [2.45, 2.75) is 51.5 Å². The van der Waals surface area contributed by atoms with Gasteiger partial charge in [-0.1, -0.05) is 49.6 Å². The van der Waals surface area contributed by atoms with Crippen LogP contribution in [-0.4, -0.2) is 29.8 Å². The van der Waals surface area contributed by atoms with E-state index in [9.17, 15) is 9.59 Å². The van der Waals surface area contributed by atoms with Crippen LogP contribution in [0.3, 0.4) is 0 Å². The molecule has 1 atom stereocenters. The molecule has 1 saturated carbocycles. The summed E-state index contributed by atoms with van der Waals surface area (Å²) in [4.78, 5) is 26.6. The molecule has 4 heteroatoms. The highest BCUT2D eigenvalue weighted by Crippen LogP contribution is 2.27. The minimum absolute atomic E-state index is 0.0602. The van der Waals surface area contributed by atoms with Gasteiger partial charge in [-0.25, -0.2) is 0 Å². The Kier molecular flexibility index (Phi) is 5.89. The number of amides is 2. The van der Waals surface area contributed by atoms with Crippen molar-refractivity contribution in [2.24, 2.45) is 11.8 Å². The second-order valence-electron chi connectivity index (χ2n) is 7.24. The average molecular weight is 328 g/mol. The van der Waals surface area contributed by atoms with Gasteiger partial charge in [0.05, 0.1) is 5.92 Å². The largest absolute Gasteiger partial charge is 0.352 e. The fourth-order valence-corrected chi connectivity index (χ4v) is 3.92. The Morgan fingerprint density at radius 3 is 2.58 bits per heavy atom. The number of carbonyl (C=O) groups excluding carboxylic acids is 2. The molecule has 1 aliphatic heterocycles. The molecule has 0 aromatic heterocycles. The summed E-state index contributed by atoms with van der Waals surface area (Å²) in [7, 11) is 0. The molecule has 1 saturated heterocycles. The van der Waals surface area contributed by atoms with E-state index >= 15 is 0 Å². The number of likely N-dealkylation sites (tertiary alicyclic amines) is 1. The van der Waals surface area contributed by atoms with Gasteiger partial charge in [0.25, 0.3) is 0 Å². The maximum atomic E-state index is 12.5. The number of nitrogens with one attached hydrogen (secondary N) is 1. The predicted octanol–water partition coefficient (Wildman–Crippen LogP) is 3.12. The Hall–Kier alpha value is -1.84. The summed E-state index contributed by atoms with van der Waals surface area (Å²) >= 11 is 0. The molecule has 0 bridgehead atoms. The zero-order chi connectivity index (χ0) is 16.8. The number of carbonyl (C=O) groups is 2. The van der Waals surface area contributed by atoms with E-state index in [1.54, 1.807) is 0 Å². The lowest BCUT2D eigenvalue weighted by atomic mass is 9.87. The van der Waals surface area contributed by atoms with Crippen molar-refractivity contribution in [2.75, 3.05) is 13.1 Å². The van der Waals surface area contributed by atoms with E-state index in [0.717, 1.165) is 12.1 Å². The molecular weight excluding hydrogens is 300 g/mol. The van der Waals surface area contributed by atoms with Crippen LogP contribution in [0.4, 0.5) is 0 Å². The van der Waals surface area contributed by atoms with Gasteiger partial charge in [0.1, 0.15) is 0 Å². The third kappa shape index (κ3) is 4.59. The Bertz CT molecular complexity index is 552. The van der Waals surface area contributed by atoms with Crippen molar-refractivity contribution in [3.8, 4) is 0 Å². The second kappa shape index (κ2) is 8.32. The van der Waals surface area contributed by atoms with Gasteiger partial charge in [0.15, 0.2) is 0 Å². The minimum Gasteiger partial charge on any atom is -0.352 e. The number of hydrogen-bond acceptors (Lipinski definition) is 2. The molecule has 1 aromatic carbocycles. The standard InChI is InChI=1S/C20H28N2O2/c23-19-12-11-18(15-22(19)14-17-9-5-2-6-10-17)20(24)21-13-16-7-3-1-4-8-16/h1,3-4,7-8,17-18H,2,5-6,9-15H2,(H,21,24)/t18-/m0/s1. The fourth-order valence-electron chi connectivity index (χ4n) is 3.92. The summed E-state index contributed by atoms with van der Waals surface area (Å²) in [6.07, 6.45) is 7.55. The van der Waals surface area contributed by atoms with Gasteiger partial charge in [-0.3, -0.25) is 9.59 Å². The van der Waals surface area contributed by atoms with E-state index in [-0.39, 0.29) is 17.7 Å². The Morgan fingerprint density at radius 1 is 1.08 bits per heavy atom. The number of rotatable bonds is 5. The Morgan fingerprint density at radius 2 is 1.83 bits per heavy atom. The van der Waals surface area contributed by atoms with E-state index in [1.807, 2.05) is 35.2 Å². The van der Waals surface area contributed by atoms with E-state index < -0.39 is 0 Å². The van der Waals surface area contributed by atoms with E-state index in [4.69, 9.17) is 0 Å². The molecule has 4 nitrogen and oxygen atoms in total. The SMILES string of the molecule is O=C(NCc1ccccc1)[C@H]1CCC(=O)N(CC2CCCCC2)C1. The Labute approximate surface area is 144 Å². The molecule has 0 spiro atoms. The molecule has 24 heavy (non-hydrogen) atoms. The number of nitrogens with zero attached hydrogens (tertiary/aromatic N) is 1. The van der Waals surface area contributed by atoms with Gasteiger partial charge in [-0.05, 0) is 30.7 Å². The molecular formula is C20H28N2O2. The average Bonchev–Trinajstić information content (AvgIpc) is 2.63. The van der Waals surface area contributed by atoms with Gasteiger partial charge in [-0.15, -0.1) is 0 Å². The third-order valence-electron chi connectivity index (χ3n) is 5.38. The normalized spacial score (nSPS) is 22.4. The van der Waals surface area contributed by atoms with Gasteiger partial charge < -0.3 is 10.2 Å². The van der Waals surface area contributed by atoms with E-state index in [1.165, 1.54) is 32.1 Å². The van der Waals surface area contributed by atoms with Crippen LogP contribution in [0.2, 0.25) is 0 Å². The van der Waals surface area contributed by atoms with Crippen LogP contribution in [-0.2, 0) is 16.1 Å². The van der Waals surface area contributed by atoms with Crippen molar-refractivity contribution in [3.63, 3.8) is 0 Å². The molecule has 1 N–H and O–H groups in total. The van der Waals surface area contributed by atoms with Crippen LogP contribution in [0.5, 0.6) is 0 Å². The summed E-state index contributed by atoms with van der Waals surface area (Å²) in [5, 5.41) is 3.03. The molecule has 0 unspecified atom stereocenters. The van der Waals surface area contributed by atoms with Crippen LogP contribution in [0.1, 0.15) is 50.5 Å². The molecule has 1 aromatic rings. The van der Waals surface area contributed by atoms with Crippen molar-refractivity contribution in [1.82, 2.24) is 10.2 Å². The monoisotopic (exact) mass is 328 g/mol. The fraction of sp³-hybridized carbons (Fsp3) is 0.600. The van der Waals surface area contributed by atoms with E-state index in [2.05, 4.69) is 5.32 Å². The number of hydrogen-bond donors (Lipinski definition) is 1. The first-order valence-electron chi connectivity index (χ1n) is 9.32. The van der Waals surface area contributed by atoms with Crippen LogP contribution >= 0.6 is 0 Å². The minimum atomic E-state index is -0.0602. The summed E-state index contributed by atoms with van der Waals surface area (Å²) < 4.78 is 0. The molecule has 2 fully saturated rings. The highest BCUT2D eigenvalue weighted by Gasteiger charge is 2.31. The highest BCUT2D eigenvalue weighted by molar-refractivity contribution is 5.83. The van der Waals surface area contributed by atoms with Gasteiger partial charge >= 0.3 is 0 Å². The third-order valence-corrected chi connectivity index (χ3v) is 5.38. The van der Waals surface area contributed by atoms with Crippen LogP contribution < -0.4 is 5.32 Å². The van der Waals surface area contributed by atoms with Crippen LogP contribution in [0.15, 0.2) is 30.3 Å². The lowest BCUT2D eigenvalue weighted by Crippen LogP contribution is -2.47. The van der Waals surface area contributed by atoms with Gasteiger partial charge in [0.2, 0.25) is 11.8 Å². The summed E-state index contributed by atoms with van der Waals surface area (Å²) in [5.41, 5.74) is 1.11. The summed E-state index contributed by atoms with van der Waals surface area (Å²) in [6, 6.07) is 9.96. The Balaban J connectivity index is 1.50. The molecule has 2 amide bonds. The second-order valence-corrected chi connectivity index (χ2v) is 7.24. The smallest absolute Gasteiger partial charge is 0.225 e. The first-order chi connectivity index (χ1) is 11.7. The zero-order valence-corrected chi connectivity index (χ0v) is 14.4. The number of benzene rings is 1. The first kappa shape index (κ1) is 17.0. The van der Waals surface area contributed by atoms with Crippen LogP contribution in [0.25, 0.3) is 0 Å². The topological polar surface area (TPSA) is 49.4 Å². The molecule has 0 radical (unpaired) electrons. The van der Waals surface area contributed by atoms with Crippen molar-refractivity contribution in [1.29, 1.82) is 0 Å². The lowest BCUT2D eigenvalue weighted by Gasteiger charge is -2.35. The van der Waals surface area contributed by atoms with Gasteiger partial charge in [0, 0.05) is 26.1 Å². The van der Waals surface area contributed by atoms with Crippen molar-refractivity contribution < 1.29 is 9.59 Å². The first-order valence-corrected chi connectivity index (χ1v) is 9.32. The quantitative estimate of drug-likeness (QED) is 0.903. The predicted molar refractivity (Wildman–Crippen MR) is 94.2 cm³/mol. The molecule has 2 aliphatic rings. The van der Waals surface area contributed by atoms with E-state index in [0.29, 0.717) is 31.8 Å². The van der Waals surface area contributed by atoms with Crippen molar-refractivity contribution in [3.05, 3.63) is 35.9 Å².